The number of fused-ring (bicyclic) bond motifs is 3. The lowest BCUT2D eigenvalue weighted by molar-refractivity contribution is 0.116. The SMILES string of the molecule is CS(=O)(=O)NC1CC2CC[C@H](C1)N2Cc1ccc(Oc2nc3ncccc3s2)cc1. The Morgan fingerprint density at radius 2 is 1.90 bits per heavy atom. The Hall–Kier alpha value is -2.07. The molecule has 5 rings (SSSR count). The molecule has 0 amide bonds. The van der Waals surface area contributed by atoms with Crippen molar-refractivity contribution >= 4 is 31.7 Å². The van der Waals surface area contributed by atoms with Crippen LogP contribution in [0.25, 0.3) is 10.3 Å². The summed E-state index contributed by atoms with van der Waals surface area (Å²) in [5.74, 6) is 0.761. The van der Waals surface area contributed by atoms with Crippen LogP contribution < -0.4 is 9.46 Å². The zero-order chi connectivity index (χ0) is 20.7. The average Bonchev–Trinajstić information content (AvgIpc) is 3.19. The van der Waals surface area contributed by atoms with E-state index in [4.69, 9.17) is 4.74 Å². The second-order valence-electron chi connectivity index (χ2n) is 8.17. The summed E-state index contributed by atoms with van der Waals surface area (Å²) >= 11 is 1.48. The van der Waals surface area contributed by atoms with Crippen LogP contribution in [0.4, 0.5) is 0 Å². The van der Waals surface area contributed by atoms with Gasteiger partial charge in [-0.1, -0.05) is 23.5 Å². The van der Waals surface area contributed by atoms with Gasteiger partial charge in [-0.2, -0.15) is 4.98 Å². The van der Waals surface area contributed by atoms with Crippen LogP contribution in [0.2, 0.25) is 0 Å². The highest BCUT2D eigenvalue weighted by atomic mass is 32.2. The van der Waals surface area contributed by atoms with Crippen molar-refractivity contribution in [3.8, 4) is 10.9 Å². The van der Waals surface area contributed by atoms with E-state index in [1.807, 2.05) is 24.3 Å². The number of piperidine rings is 1. The zero-order valence-electron chi connectivity index (χ0n) is 16.7. The van der Waals surface area contributed by atoms with Crippen LogP contribution in [0.1, 0.15) is 31.2 Å². The number of ether oxygens (including phenoxy) is 1. The number of thiazole rings is 1. The van der Waals surface area contributed by atoms with E-state index in [0.29, 0.717) is 22.9 Å². The highest BCUT2D eigenvalue weighted by Gasteiger charge is 2.41. The second-order valence-corrected chi connectivity index (χ2v) is 10.9. The minimum absolute atomic E-state index is 0.0628. The van der Waals surface area contributed by atoms with Gasteiger partial charge in [-0.25, -0.2) is 18.1 Å². The largest absolute Gasteiger partial charge is 0.431 e. The van der Waals surface area contributed by atoms with E-state index in [1.54, 1.807) is 6.20 Å². The fraction of sp³-hybridized carbons (Fsp3) is 0.429. The molecular weight excluding hydrogens is 420 g/mol. The Morgan fingerprint density at radius 1 is 1.17 bits per heavy atom. The third-order valence-corrected chi connectivity index (χ3v) is 7.55. The molecule has 30 heavy (non-hydrogen) atoms. The fourth-order valence-electron chi connectivity index (χ4n) is 4.70. The van der Waals surface area contributed by atoms with E-state index < -0.39 is 10.0 Å². The normalized spacial score (nSPS) is 24.4. The summed E-state index contributed by atoms with van der Waals surface area (Å²) in [4.78, 5) is 11.2. The summed E-state index contributed by atoms with van der Waals surface area (Å²) in [6, 6.07) is 13.0. The van der Waals surface area contributed by atoms with Crippen LogP contribution in [0.5, 0.6) is 10.9 Å². The molecule has 2 fully saturated rings. The third-order valence-electron chi connectivity index (χ3n) is 5.90. The van der Waals surface area contributed by atoms with Gasteiger partial charge >= 0.3 is 0 Å². The third kappa shape index (κ3) is 4.34. The molecule has 1 aromatic carbocycles. The van der Waals surface area contributed by atoms with Crippen LogP contribution >= 0.6 is 11.3 Å². The topological polar surface area (TPSA) is 84.4 Å². The Kier molecular flexibility index (Phi) is 5.22. The molecule has 4 heterocycles. The first-order chi connectivity index (χ1) is 14.4. The fourth-order valence-corrected chi connectivity index (χ4v) is 6.29. The minimum Gasteiger partial charge on any atom is -0.431 e. The highest BCUT2D eigenvalue weighted by Crippen LogP contribution is 2.37. The van der Waals surface area contributed by atoms with E-state index in [9.17, 15) is 8.42 Å². The molecule has 0 spiro atoms. The van der Waals surface area contributed by atoms with Crippen LogP contribution in [-0.2, 0) is 16.6 Å². The van der Waals surface area contributed by atoms with Crippen molar-refractivity contribution in [1.82, 2.24) is 19.6 Å². The summed E-state index contributed by atoms with van der Waals surface area (Å²) < 4.78 is 32.9. The molecular formula is C21H24N4O3S2. The number of nitrogens with zero attached hydrogens (tertiary/aromatic N) is 3. The molecule has 3 atom stereocenters. The summed E-state index contributed by atoms with van der Waals surface area (Å²) in [6.07, 6.45) is 7.02. The van der Waals surface area contributed by atoms with Gasteiger partial charge in [0.2, 0.25) is 10.0 Å². The van der Waals surface area contributed by atoms with Crippen LogP contribution in [0.15, 0.2) is 42.6 Å². The van der Waals surface area contributed by atoms with E-state index in [0.717, 1.165) is 42.7 Å². The number of hydrogen-bond acceptors (Lipinski definition) is 7. The van der Waals surface area contributed by atoms with Crippen molar-refractivity contribution in [1.29, 1.82) is 0 Å². The molecule has 0 saturated carbocycles. The average molecular weight is 445 g/mol. The Morgan fingerprint density at radius 3 is 2.57 bits per heavy atom. The van der Waals surface area contributed by atoms with Crippen molar-refractivity contribution < 1.29 is 13.2 Å². The Balaban J connectivity index is 1.22. The number of benzene rings is 1. The predicted molar refractivity (Wildman–Crippen MR) is 117 cm³/mol. The maximum Gasteiger partial charge on any atom is 0.281 e. The summed E-state index contributed by atoms with van der Waals surface area (Å²) in [5.41, 5.74) is 1.94. The smallest absolute Gasteiger partial charge is 0.281 e. The maximum absolute atomic E-state index is 11.6. The van der Waals surface area contributed by atoms with Crippen LogP contribution in [0, 0.1) is 0 Å². The molecule has 158 valence electrons. The first-order valence-electron chi connectivity index (χ1n) is 10.1. The number of sulfonamides is 1. The van der Waals surface area contributed by atoms with E-state index in [2.05, 4.69) is 31.7 Å². The van der Waals surface area contributed by atoms with Crippen LogP contribution in [0.3, 0.4) is 0 Å². The molecule has 2 bridgehead atoms. The van der Waals surface area contributed by atoms with E-state index in [1.165, 1.54) is 23.2 Å². The molecule has 9 heteroatoms. The van der Waals surface area contributed by atoms with Gasteiger partial charge in [-0.15, -0.1) is 0 Å². The lowest BCUT2D eigenvalue weighted by atomic mass is 9.97. The first kappa shape index (κ1) is 19.9. The summed E-state index contributed by atoms with van der Waals surface area (Å²) in [5, 5.41) is 0.593. The van der Waals surface area contributed by atoms with Crippen molar-refractivity contribution in [3.63, 3.8) is 0 Å². The molecule has 0 radical (unpaired) electrons. The molecule has 2 unspecified atom stereocenters. The van der Waals surface area contributed by atoms with Gasteiger partial charge in [-0.05, 0) is 55.5 Å². The van der Waals surface area contributed by atoms with E-state index in [-0.39, 0.29) is 6.04 Å². The first-order valence-corrected chi connectivity index (χ1v) is 12.9. The van der Waals surface area contributed by atoms with Gasteiger partial charge in [0.25, 0.3) is 5.19 Å². The number of pyridine rings is 1. The zero-order valence-corrected chi connectivity index (χ0v) is 18.3. The molecule has 2 aliphatic heterocycles. The number of rotatable bonds is 6. The molecule has 2 saturated heterocycles. The molecule has 0 aliphatic carbocycles. The Labute approximate surface area is 180 Å². The van der Waals surface area contributed by atoms with Crippen molar-refractivity contribution in [2.24, 2.45) is 0 Å². The molecule has 2 aliphatic rings. The summed E-state index contributed by atoms with van der Waals surface area (Å²) in [6.45, 7) is 0.881. The van der Waals surface area contributed by atoms with Gasteiger partial charge in [0, 0.05) is 30.9 Å². The quantitative estimate of drug-likeness (QED) is 0.626. The van der Waals surface area contributed by atoms with Gasteiger partial charge in [0.1, 0.15) is 5.75 Å². The second kappa shape index (κ2) is 7.88. The maximum atomic E-state index is 11.6. The van der Waals surface area contributed by atoms with Crippen molar-refractivity contribution in [2.75, 3.05) is 6.26 Å². The Bertz CT molecular complexity index is 1100. The highest BCUT2D eigenvalue weighted by molar-refractivity contribution is 7.88. The minimum atomic E-state index is -3.15. The lowest BCUT2D eigenvalue weighted by Gasteiger charge is -2.39. The lowest BCUT2D eigenvalue weighted by Crippen LogP contribution is -2.49. The van der Waals surface area contributed by atoms with Gasteiger partial charge < -0.3 is 4.74 Å². The van der Waals surface area contributed by atoms with Crippen molar-refractivity contribution in [3.05, 3.63) is 48.2 Å². The molecule has 3 aromatic rings. The van der Waals surface area contributed by atoms with E-state index >= 15 is 0 Å². The monoisotopic (exact) mass is 444 g/mol. The molecule has 2 aromatic heterocycles. The summed E-state index contributed by atoms with van der Waals surface area (Å²) in [7, 11) is -3.15. The number of nitrogens with one attached hydrogen (secondary N) is 1. The number of aromatic nitrogens is 2. The van der Waals surface area contributed by atoms with Crippen LogP contribution in [-0.4, -0.2) is 47.7 Å². The number of hydrogen-bond donors (Lipinski definition) is 1. The molecule has 7 nitrogen and oxygen atoms in total. The predicted octanol–water partition coefficient (Wildman–Crippen LogP) is 3.53. The van der Waals surface area contributed by atoms with Gasteiger partial charge in [0.05, 0.1) is 11.0 Å². The van der Waals surface area contributed by atoms with Gasteiger partial charge in [-0.3, -0.25) is 4.90 Å². The van der Waals surface area contributed by atoms with Crippen molar-refractivity contribution in [2.45, 2.75) is 50.4 Å². The van der Waals surface area contributed by atoms with Gasteiger partial charge in [0.15, 0.2) is 5.65 Å². The molecule has 1 N–H and O–H groups in total. The standard InChI is InChI=1S/C21H24N4O3S2/c1-30(26,27)24-15-11-16-6-7-17(12-15)25(16)13-14-4-8-18(9-5-14)28-21-23-20-19(29-21)3-2-10-22-20/h2-5,8-10,15-17,24H,6-7,11-13H2,1H3/t15?,16-,17?/m1/s1.